The minimum absolute atomic E-state index is 0.358. The number of halogens is 2. The maximum atomic E-state index is 13.7. The Morgan fingerprint density at radius 2 is 1.92 bits per heavy atom. The minimum atomic E-state index is -0.358. The molecule has 4 rings (SSSR count). The highest BCUT2D eigenvalue weighted by Crippen LogP contribution is 2.38. The Hall–Kier alpha value is -2.77. The first-order valence-electron chi connectivity index (χ1n) is 7.61. The lowest BCUT2D eigenvalue weighted by Gasteiger charge is -2.10. The van der Waals surface area contributed by atoms with Crippen LogP contribution in [0.5, 0.6) is 0 Å². The molecule has 126 valence electrons. The Bertz CT molecular complexity index is 1070. The number of tetrazole rings is 1. The topological polar surface area (TPSA) is 74.5 Å². The number of rotatable bonds is 3. The summed E-state index contributed by atoms with van der Waals surface area (Å²) in [6.07, 6.45) is 0. The molecule has 2 N–H and O–H groups in total. The second-order valence-corrected chi connectivity index (χ2v) is 6.01. The summed E-state index contributed by atoms with van der Waals surface area (Å²) >= 11 is 6.56. The minimum Gasteiger partial charge on any atom is -0.326 e. The van der Waals surface area contributed by atoms with Gasteiger partial charge in [-0.1, -0.05) is 23.7 Å². The van der Waals surface area contributed by atoms with Crippen molar-refractivity contribution in [3.63, 3.8) is 0 Å². The van der Waals surface area contributed by atoms with Gasteiger partial charge in [-0.3, -0.25) is 0 Å². The van der Waals surface area contributed by atoms with Crippen molar-refractivity contribution in [2.45, 2.75) is 6.54 Å². The van der Waals surface area contributed by atoms with Crippen LogP contribution in [0.3, 0.4) is 0 Å². The molecular weight excluding hydrogens is 343 g/mol. The molecule has 0 spiro atoms. The molecule has 6 nitrogen and oxygen atoms in total. The zero-order chi connectivity index (χ0) is 17.6. The first kappa shape index (κ1) is 15.7. The molecule has 0 atom stereocenters. The molecule has 0 aliphatic heterocycles. The van der Waals surface area contributed by atoms with Crippen molar-refractivity contribution in [3.8, 4) is 17.2 Å². The predicted molar refractivity (Wildman–Crippen MR) is 93.9 cm³/mol. The van der Waals surface area contributed by atoms with Crippen molar-refractivity contribution in [3.05, 3.63) is 58.9 Å². The van der Waals surface area contributed by atoms with E-state index < -0.39 is 0 Å². The highest BCUT2D eigenvalue weighted by Gasteiger charge is 2.22. The van der Waals surface area contributed by atoms with Gasteiger partial charge >= 0.3 is 0 Å². The van der Waals surface area contributed by atoms with Crippen LogP contribution in [-0.4, -0.2) is 24.8 Å². The van der Waals surface area contributed by atoms with Gasteiger partial charge in [-0.2, -0.15) is 4.80 Å². The van der Waals surface area contributed by atoms with E-state index in [9.17, 15) is 4.39 Å². The second kappa shape index (κ2) is 5.94. The molecule has 2 aromatic carbocycles. The van der Waals surface area contributed by atoms with Gasteiger partial charge in [0.1, 0.15) is 11.5 Å². The normalized spacial score (nSPS) is 11.4. The average molecular weight is 357 g/mol. The van der Waals surface area contributed by atoms with E-state index in [-0.39, 0.29) is 5.82 Å². The first-order chi connectivity index (χ1) is 12.1. The fourth-order valence-corrected chi connectivity index (χ4v) is 3.17. The number of aryl methyl sites for hydroxylation is 1. The molecular formula is C17H14ClFN6. The van der Waals surface area contributed by atoms with Gasteiger partial charge in [-0.15, -0.1) is 10.2 Å². The molecule has 2 aromatic heterocycles. The lowest BCUT2D eigenvalue weighted by Crippen LogP contribution is -2.00. The van der Waals surface area contributed by atoms with Gasteiger partial charge in [0.25, 0.3) is 0 Å². The summed E-state index contributed by atoms with van der Waals surface area (Å²) < 4.78 is 15.6. The van der Waals surface area contributed by atoms with Crippen molar-refractivity contribution in [1.29, 1.82) is 0 Å². The van der Waals surface area contributed by atoms with Gasteiger partial charge in [0, 0.05) is 17.6 Å². The Labute approximate surface area is 147 Å². The molecule has 0 saturated heterocycles. The molecule has 2 heterocycles. The van der Waals surface area contributed by atoms with Crippen molar-refractivity contribution in [1.82, 2.24) is 24.8 Å². The van der Waals surface area contributed by atoms with Crippen LogP contribution in [-0.2, 0) is 13.6 Å². The molecule has 0 saturated carbocycles. The zero-order valence-corrected chi connectivity index (χ0v) is 14.1. The summed E-state index contributed by atoms with van der Waals surface area (Å²) in [7, 11) is 1.67. The van der Waals surface area contributed by atoms with Crippen LogP contribution in [0.4, 0.5) is 4.39 Å². The number of nitrogens with zero attached hydrogens (tertiary/aromatic N) is 5. The first-order valence-corrected chi connectivity index (χ1v) is 7.99. The SMILES string of the molecule is Cn1nnc(-c2c(Cl)c3cc(F)ccc3n2-c2ccc(CN)cc2)n1. The quantitative estimate of drug-likeness (QED) is 0.612. The number of nitrogens with two attached hydrogens (primary N) is 1. The molecule has 0 amide bonds. The van der Waals surface area contributed by atoms with E-state index in [0.717, 1.165) is 16.8 Å². The van der Waals surface area contributed by atoms with Crippen molar-refractivity contribution < 1.29 is 4.39 Å². The van der Waals surface area contributed by atoms with Gasteiger partial charge in [-0.25, -0.2) is 4.39 Å². The molecule has 0 aliphatic carbocycles. The Kier molecular flexibility index (Phi) is 3.74. The zero-order valence-electron chi connectivity index (χ0n) is 13.3. The molecule has 0 radical (unpaired) electrons. The average Bonchev–Trinajstić information content (AvgIpc) is 3.16. The van der Waals surface area contributed by atoms with Crippen LogP contribution in [0.1, 0.15) is 5.56 Å². The molecule has 25 heavy (non-hydrogen) atoms. The summed E-state index contributed by atoms with van der Waals surface area (Å²) in [4.78, 5) is 1.35. The van der Waals surface area contributed by atoms with Crippen molar-refractivity contribution >= 4 is 22.5 Å². The van der Waals surface area contributed by atoms with Crippen molar-refractivity contribution in [2.75, 3.05) is 0 Å². The molecule has 4 aromatic rings. The third-order valence-corrected chi connectivity index (χ3v) is 4.40. The highest BCUT2D eigenvalue weighted by atomic mass is 35.5. The number of hydrogen-bond donors (Lipinski definition) is 1. The van der Waals surface area contributed by atoms with E-state index in [1.165, 1.54) is 16.9 Å². The van der Waals surface area contributed by atoms with E-state index in [0.29, 0.717) is 28.5 Å². The van der Waals surface area contributed by atoms with Crippen LogP contribution in [0.15, 0.2) is 42.5 Å². The van der Waals surface area contributed by atoms with Gasteiger partial charge in [-0.05, 0) is 41.1 Å². The van der Waals surface area contributed by atoms with Crippen LogP contribution < -0.4 is 5.73 Å². The van der Waals surface area contributed by atoms with Crippen LogP contribution >= 0.6 is 11.6 Å². The molecule has 8 heteroatoms. The third-order valence-electron chi connectivity index (χ3n) is 4.02. The maximum Gasteiger partial charge on any atom is 0.223 e. The van der Waals surface area contributed by atoms with Crippen LogP contribution in [0.2, 0.25) is 5.02 Å². The highest BCUT2D eigenvalue weighted by molar-refractivity contribution is 6.38. The van der Waals surface area contributed by atoms with Crippen molar-refractivity contribution in [2.24, 2.45) is 12.8 Å². The third kappa shape index (κ3) is 2.57. The lowest BCUT2D eigenvalue weighted by atomic mass is 10.2. The number of benzene rings is 2. The Balaban J connectivity index is 2.06. The maximum absolute atomic E-state index is 13.7. The predicted octanol–water partition coefficient (Wildman–Crippen LogP) is 3.07. The number of hydrogen-bond acceptors (Lipinski definition) is 4. The van der Waals surface area contributed by atoms with E-state index in [4.69, 9.17) is 17.3 Å². The van der Waals surface area contributed by atoms with Gasteiger partial charge in [0.2, 0.25) is 5.82 Å². The molecule has 0 aliphatic rings. The molecule has 0 bridgehead atoms. The van der Waals surface area contributed by atoms with E-state index >= 15 is 0 Å². The Morgan fingerprint density at radius 3 is 2.56 bits per heavy atom. The molecule has 0 unspecified atom stereocenters. The monoisotopic (exact) mass is 356 g/mol. The summed E-state index contributed by atoms with van der Waals surface area (Å²) in [6, 6.07) is 12.2. The summed E-state index contributed by atoms with van der Waals surface area (Å²) in [5.41, 5.74) is 8.86. The fourth-order valence-electron chi connectivity index (χ4n) is 2.85. The number of aromatic nitrogens is 5. The van der Waals surface area contributed by atoms with Gasteiger partial charge in [0.15, 0.2) is 0 Å². The molecule has 0 fully saturated rings. The van der Waals surface area contributed by atoms with Crippen LogP contribution in [0, 0.1) is 5.82 Å². The lowest BCUT2D eigenvalue weighted by molar-refractivity contribution is 0.629. The standard InChI is InChI=1S/C17H14ClFN6/c1-24-22-17(21-23-24)16-15(18)13-8-11(19)4-7-14(13)25(16)12-5-2-10(9-20)3-6-12/h2-8H,9,20H2,1H3. The fraction of sp³-hybridized carbons (Fsp3) is 0.118. The second-order valence-electron chi connectivity index (χ2n) is 5.63. The number of fused-ring (bicyclic) bond motifs is 1. The Morgan fingerprint density at radius 1 is 1.16 bits per heavy atom. The summed E-state index contributed by atoms with van der Waals surface area (Å²) in [6.45, 7) is 0.456. The van der Waals surface area contributed by atoms with Gasteiger partial charge in [0.05, 0.1) is 17.6 Å². The van der Waals surface area contributed by atoms with Gasteiger partial charge < -0.3 is 10.3 Å². The van der Waals surface area contributed by atoms with E-state index in [1.807, 2.05) is 28.8 Å². The van der Waals surface area contributed by atoms with Crippen LogP contribution in [0.25, 0.3) is 28.1 Å². The van der Waals surface area contributed by atoms with E-state index in [2.05, 4.69) is 15.4 Å². The summed E-state index contributed by atoms with van der Waals surface area (Å²) in [5, 5.41) is 13.2. The smallest absolute Gasteiger partial charge is 0.223 e. The van der Waals surface area contributed by atoms with E-state index in [1.54, 1.807) is 13.1 Å². The largest absolute Gasteiger partial charge is 0.326 e. The summed E-state index contributed by atoms with van der Waals surface area (Å²) in [5.74, 6) is 0.00990.